The third-order valence-corrected chi connectivity index (χ3v) is 2.45. The van der Waals surface area contributed by atoms with Crippen molar-refractivity contribution in [1.29, 1.82) is 0 Å². The summed E-state index contributed by atoms with van der Waals surface area (Å²) >= 11 is 5.91. The molecule has 0 heterocycles. The molecular formula is C10H12ClNO2. The van der Waals surface area contributed by atoms with Crippen LogP contribution in [-0.4, -0.2) is 12.9 Å². The van der Waals surface area contributed by atoms with Gasteiger partial charge in [0.1, 0.15) is 11.1 Å². The number of halogens is 1. The van der Waals surface area contributed by atoms with Crippen molar-refractivity contribution in [2.45, 2.75) is 12.3 Å². The second-order valence-electron chi connectivity index (χ2n) is 2.94. The van der Waals surface area contributed by atoms with Gasteiger partial charge in [-0.25, -0.2) is 0 Å². The number of para-hydroxylation sites is 1. The maximum Gasteiger partial charge on any atom is 0.152 e. The van der Waals surface area contributed by atoms with Crippen LogP contribution in [0.4, 0.5) is 5.69 Å². The highest BCUT2D eigenvalue weighted by molar-refractivity contribution is 6.31. The van der Waals surface area contributed by atoms with Gasteiger partial charge in [0, 0.05) is 5.56 Å². The first-order valence-electron chi connectivity index (χ1n) is 4.14. The Morgan fingerprint density at radius 3 is 2.71 bits per heavy atom. The van der Waals surface area contributed by atoms with Gasteiger partial charge in [0.15, 0.2) is 5.78 Å². The predicted octanol–water partition coefficient (Wildman–Crippen LogP) is 2.15. The van der Waals surface area contributed by atoms with E-state index in [1.165, 1.54) is 14.0 Å². The number of nitrogens with two attached hydrogens (primary N) is 1. The number of nitrogen functional groups attached to an aromatic ring is 1. The molecule has 0 saturated carbocycles. The van der Waals surface area contributed by atoms with Crippen molar-refractivity contribution >= 4 is 23.1 Å². The van der Waals surface area contributed by atoms with Gasteiger partial charge in [-0.3, -0.25) is 4.79 Å². The third-order valence-electron chi connectivity index (χ3n) is 1.91. The maximum absolute atomic E-state index is 11.1. The fourth-order valence-corrected chi connectivity index (χ4v) is 1.40. The number of carbonyl (C=O) groups is 1. The van der Waals surface area contributed by atoms with E-state index in [2.05, 4.69) is 0 Å². The average Bonchev–Trinajstić information content (AvgIpc) is 2.16. The summed E-state index contributed by atoms with van der Waals surface area (Å²) in [5, 5.41) is -0.701. The first-order valence-corrected chi connectivity index (χ1v) is 4.58. The second kappa shape index (κ2) is 4.33. The summed E-state index contributed by atoms with van der Waals surface area (Å²) in [5.74, 6) is 0.346. The molecule has 0 aliphatic rings. The van der Waals surface area contributed by atoms with Gasteiger partial charge in [0.05, 0.1) is 12.8 Å². The van der Waals surface area contributed by atoms with Crippen LogP contribution in [0, 0.1) is 0 Å². The van der Waals surface area contributed by atoms with E-state index < -0.39 is 5.38 Å². The Balaban J connectivity index is 3.20. The highest BCUT2D eigenvalue weighted by Crippen LogP contribution is 2.34. The van der Waals surface area contributed by atoms with Crippen LogP contribution in [0.1, 0.15) is 17.9 Å². The molecule has 3 nitrogen and oxygen atoms in total. The molecule has 0 radical (unpaired) electrons. The van der Waals surface area contributed by atoms with Crippen LogP contribution in [0.15, 0.2) is 18.2 Å². The SMILES string of the molecule is COc1c(N)cccc1C(Cl)C(C)=O. The number of hydrogen-bond donors (Lipinski definition) is 1. The molecule has 0 aromatic heterocycles. The number of hydrogen-bond acceptors (Lipinski definition) is 3. The molecule has 0 bridgehead atoms. The van der Waals surface area contributed by atoms with Crippen molar-refractivity contribution in [3.63, 3.8) is 0 Å². The lowest BCUT2D eigenvalue weighted by molar-refractivity contribution is -0.116. The molecule has 0 amide bonds. The van der Waals surface area contributed by atoms with Crippen molar-refractivity contribution in [1.82, 2.24) is 0 Å². The third kappa shape index (κ3) is 1.99. The topological polar surface area (TPSA) is 52.3 Å². The zero-order valence-electron chi connectivity index (χ0n) is 8.08. The minimum absolute atomic E-state index is 0.129. The minimum Gasteiger partial charge on any atom is -0.494 e. The number of alkyl halides is 1. The predicted molar refractivity (Wildman–Crippen MR) is 56.7 cm³/mol. The maximum atomic E-state index is 11.1. The molecule has 0 fully saturated rings. The Hall–Kier alpha value is -1.22. The molecule has 1 atom stereocenters. The number of ketones is 1. The van der Waals surface area contributed by atoms with Crippen molar-refractivity contribution < 1.29 is 9.53 Å². The van der Waals surface area contributed by atoms with Gasteiger partial charge in [-0.2, -0.15) is 0 Å². The molecule has 1 aromatic rings. The molecule has 1 unspecified atom stereocenters. The fourth-order valence-electron chi connectivity index (χ4n) is 1.23. The van der Waals surface area contributed by atoms with E-state index in [-0.39, 0.29) is 5.78 Å². The van der Waals surface area contributed by atoms with E-state index in [1.54, 1.807) is 18.2 Å². The van der Waals surface area contributed by atoms with Gasteiger partial charge in [0.2, 0.25) is 0 Å². The molecular weight excluding hydrogens is 202 g/mol. The van der Waals surface area contributed by atoms with Gasteiger partial charge in [-0.05, 0) is 13.0 Å². The van der Waals surface area contributed by atoms with E-state index in [1.807, 2.05) is 0 Å². The molecule has 4 heteroatoms. The number of Topliss-reactive ketones (excluding diaryl/α,β-unsaturated/α-hetero) is 1. The average molecular weight is 214 g/mol. The Kier molecular flexibility index (Phi) is 3.36. The Labute approximate surface area is 87.8 Å². The van der Waals surface area contributed by atoms with Crippen LogP contribution in [0.3, 0.4) is 0 Å². The Morgan fingerprint density at radius 2 is 2.21 bits per heavy atom. The standard InChI is InChI=1S/C10H12ClNO2/c1-6(13)9(11)7-4-3-5-8(12)10(7)14-2/h3-5,9H,12H2,1-2H3. The number of benzene rings is 1. The highest BCUT2D eigenvalue weighted by Gasteiger charge is 2.18. The Morgan fingerprint density at radius 1 is 1.57 bits per heavy atom. The molecule has 14 heavy (non-hydrogen) atoms. The van der Waals surface area contributed by atoms with Crippen LogP contribution in [0.2, 0.25) is 0 Å². The van der Waals surface area contributed by atoms with Crippen molar-refractivity contribution in [3.8, 4) is 5.75 Å². The van der Waals surface area contributed by atoms with Gasteiger partial charge in [0.25, 0.3) is 0 Å². The molecule has 1 aromatic carbocycles. The van der Waals surface area contributed by atoms with Crippen LogP contribution in [0.5, 0.6) is 5.75 Å². The smallest absolute Gasteiger partial charge is 0.152 e. The molecule has 0 spiro atoms. The molecule has 0 aliphatic heterocycles. The van der Waals surface area contributed by atoms with Gasteiger partial charge < -0.3 is 10.5 Å². The van der Waals surface area contributed by atoms with E-state index in [9.17, 15) is 4.79 Å². The summed E-state index contributed by atoms with van der Waals surface area (Å²) in [7, 11) is 1.50. The van der Waals surface area contributed by atoms with Crippen molar-refractivity contribution in [2.75, 3.05) is 12.8 Å². The van der Waals surface area contributed by atoms with Crippen LogP contribution in [-0.2, 0) is 4.79 Å². The fraction of sp³-hybridized carbons (Fsp3) is 0.300. The summed E-state index contributed by atoms with van der Waals surface area (Å²) in [6.07, 6.45) is 0. The lowest BCUT2D eigenvalue weighted by Crippen LogP contribution is -2.05. The quantitative estimate of drug-likeness (QED) is 0.618. The summed E-state index contributed by atoms with van der Waals surface area (Å²) in [6, 6.07) is 5.17. The zero-order valence-corrected chi connectivity index (χ0v) is 8.84. The van der Waals surface area contributed by atoms with Gasteiger partial charge >= 0.3 is 0 Å². The van der Waals surface area contributed by atoms with E-state index in [0.717, 1.165) is 0 Å². The molecule has 0 saturated heterocycles. The van der Waals surface area contributed by atoms with E-state index in [4.69, 9.17) is 22.1 Å². The zero-order chi connectivity index (χ0) is 10.7. The number of methoxy groups -OCH3 is 1. The molecule has 0 aliphatic carbocycles. The normalized spacial score (nSPS) is 12.2. The summed E-state index contributed by atoms with van der Waals surface area (Å²) in [5.41, 5.74) is 6.77. The molecule has 1 rings (SSSR count). The largest absolute Gasteiger partial charge is 0.494 e. The monoisotopic (exact) mass is 213 g/mol. The Bertz CT molecular complexity index is 352. The van der Waals surface area contributed by atoms with Crippen molar-refractivity contribution in [2.24, 2.45) is 0 Å². The lowest BCUT2D eigenvalue weighted by Gasteiger charge is -2.13. The molecule has 2 N–H and O–H groups in total. The lowest BCUT2D eigenvalue weighted by atomic mass is 10.1. The van der Waals surface area contributed by atoms with Crippen molar-refractivity contribution in [3.05, 3.63) is 23.8 Å². The first kappa shape index (κ1) is 10.9. The number of anilines is 1. The van der Waals surface area contributed by atoms with E-state index >= 15 is 0 Å². The summed E-state index contributed by atoms with van der Waals surface area (Å²) in [4.78, 5) is 11.1. The number of ether oxygens (including phenoxy) is 1. The number of rotatable bonds is 3. The summed E-state index contributed by atoms with van der Waals surface area (Å²) in [6.45, 7) is 1.43. The van der Waals surface area contributed by atoms with Crippen LogP contribution >= 0.6 is 11.6 Å². The van der Waals surface area contributed by atoms with Gasteiger partial charge in [-0.1, -0.05) is 12.1 Å². The van der Waals surface area contributed by atoms with Crippen LogP contribution in [0.25, 0.3) is 0 Å². The minimum atomic E-state index is -0.701. The first-order chi connectivity index (χ1) is 6.57. The molecule has 76 valence electrons. The van der Waals surface area contributed by atoms with Gasteiger partial charge in [-0.15, -0.1) is 11.6 Å². The highest BCUT2D eigenvalue weighted by atomic mass is 35.5. The summed E-state index contributed by atoms with van der Waals surface area (Å²) < 4.78 is 5.09. The number of carbonyl (C=O) groups excluding carboxylic acids is 1. The van der Waals surface area contributed by atoms with E-state index in [0.29, 0.717) is 17.0 Å². The van der Waals surface area contributed by atoms with Crippen LogP contribution < -0.4 is 10.5 Å². The second-order valence-corrected chi connectivity index (χ2v) is 3.38.